The quantitative estimate of drug-likeness (QED) is 0.144. The molecule has 1 saturated carbocycles. The summed E-state index contributed by atoms with van der Waals surface area (Å²) in [5.74, 6) is 2.47. The molecule has 6 heteroatoms. The predicted octanol–water partition coefficient (Wildman–Crippen LogP) is 7.13. The maximum atomic E-state index is 12.2. The van der Waals surface area contributed by atoms with Crippen LogP contribution in [-0.2, 0) is 28.6 Å². The maximum absolute atomic E-state index is 12.2. The molecule has 0 aromatic heterocycles. The third-order valence-electron chi connectivity index (χ3n) is 7.14. The number of hydrogen-bond donors (Lipinski definition) is 0. The Kier molecular flexibility index (Phi) is 16.8. The Morgan fingerprint density at radius 1 is 0.528 bits per heavy atom. The summed E-state index contributed by atoms with van der Waals surface area (Å²) >= 11 is 0. The van der Waals surface area contributed by atoms with E-state index in [9.17, 15) is 14.4 Å². The Labute approximate surface area is 220 Å². The van der Waals surface area contributed by atoms with Gasteiger partial charge in [0.2, 0.25) is 0 Å². The lowest BCUT2D eigenvalue weighted by Crippen LogP contribution is -2.25. The molecule has 0 aromatic carbocycles. The molecular weight excluding hydrogens is 456 g/mol. The van der Waals surface area contributed by atoms with E-state index in [2.05, 4.69) is 41.5 Å². The van der Waals surface area contributed by atoms with Gasteiger partial charge >= 0.3 is 17.9 Å². The van der Waals surface area contributed by atoms with E-state index < -0.39 is 0 Å². The summed E-state index contributed by atoms with van der Waals surface area (Å²) in [5, 5.41) is 0. The molecule has 0 saturated heterocycles. The Morgan fingerprint density at radius 3 is 1.00 bits per heavy atom. The maximum Gasteiger partial charge on any atom is 0.305 e. The molecule has 0 amide bonds. The van der Waals surface area contributed by atoms with Crippen molar-refractivity contribution < 1.29 is 28.6 Å². The molecule has 0 unspecified atom stereocenters. The molecule has 0 heterocycles. The Hall–Kier alpha value is -1.59. The van der Waals surface area contributed by atoms with Gasteiger partial charge in [-0.15, -0.1) is 0 Å². The van der Waals surface area contributed by atoms with E-state index in [1.807, 2.05) is 0 Å². The summed E-state index contributed by atoms with van der Waals surface area (Å²) in [6.45, 7) is 14.2. The van der Waals surface area contributed by atoms with Crippen LogP contribution in [0.2, 0.25) is 0 Å². The van der Waals surface area contributed by atoms with Gasteiger partial charge in [0.1, 0.15) is 0 Å². The minimum absolute atomic E-state index is 0.114. The first kappa shape index (κ1) is 32.4. The smallest absolute Gasteiger partial charge is 0.305 e. The molecule has 36 heavy (non-hydrogen) atoms. The topological polar surface area (TPSA) is 78.9 Å². The molecule has 1 aliphatic carbocycles. The van der Waals surface area contributed by atoms with Gasteiger partial charge < -0.3 is 14.2 Å². The van der Waals surface area contributed by atoms with Crippen molar-refractivity contribution in [1.82, 2.24) is 0 Å². The molecule has 0 radical (unpaired) electrons. The SMILES string of the molecule is CC(C)CCOC(=O)CCC1CC(CCC(=O)OCCC(C)C)CC(CCC(=O)OCCC(C)C)C1. The van der Waals surface area contributed by atoms with Crippen LogP contribution >= 0.6 is 0 Å². The second-order valence-electron chi connectivity index (χ2n) is 12.1. The molecule has 1 fully saturated rings. The van der Waals surface area contributed by atoms with Gasteiger partial charge in [-0.05, 0) is 93.3 Å². The second kappa shape index (κ2) is 18.6. The number of hydrogen-bond acceptors (Lipinski definition) is 6. The first-order valence-electron chi connectivity index (χ1n) is 14.5. The zero-order valence-corrected chi connectivity index (χ0v) is 24.0. The van der Waals surface area contributed by atoms with Crippen molar-refractivity contribution in [3.05, 3.63) is 0 Å². The zero-order chi connectivity index (χ0) is 26.9. The second-order valence-corrected chi connectivity index (χ2v) is 12.1. The number of esters is 3. The molecule has 6 nitrogen and oxygen atoms in total. The first-order chi connectivity index (χ1) is 17.0. The van der Waals surface area contributed by atoms with E-state index in [1.54, 1.807) is 0 Å². The molecule has 0 spiro atoms. The normalized spacial score (nSPS) is 20.1. The van der Waals surface area contributed by atoms with Crippen LogP contribution in [0.5, 0.6) is 0 Å². The number of carbonyl (C=O) groups is 3. The van der Waals surface area contributed by atoms with E-state index in [1.165, 1.54) is 0 Å². The largest absolute Gasteiger partial charge is 0.466 e. The minimum atomic E-state index is -0.114. The number of rotatable bonds is 18. The Morgan fingerprint density at radius 2 is 0.778 bits per heavy atom. The van der Waals surface area contributed by atoms with Gasteiger partial charge in [-0.3, -0.25) is 14.4 Å². The third kappa shape index (κ3) is 17.0. The van der Waals surface area contributed by atoms with Crippen LogP contribution in [0.3, 0.4) is 0 Å². The highest BCUT2D eigenvalue weighted by molar-refractivity contribution is 5.70. The highest BCUT2D eigenvalue weighted by Crippen LogP contribution is 2.40. The average Bonchev–Trinajstić information content (AvgIpc) is 2.79. The fourth-order valence-corrected chi connectivity index (χ4v) is 4.82. The van der Waals surface area contributed by atoms with Gasteiger partial charge in [0.15, 0.2) is 0 Å². The van der Waals surface area contributed by atoms with Crippen molar-refractivity contribution in [1.29, 1.82) is 0 Å². The average molecular weight is 511 g/mol. The van der Waals surface area contributed by atoms with Gasteiger partial charge in [-0.2, -0.15) is 0 Å². The van der Waals surface area contributed by atoms with Gasteiger partial charge in [-0.25, -0.2) is 0 Å². The van der Waals surface area contributed by atoms with E-state index >= 15 is 0 Å². The number of ether oxygens (including phenoxy) is 3. The molecule has 0 N–H and O–H groups in total. The van der Waals surface area contributed by atoms with Crippen LogP contribution in [0.1, 0.15) is 119 Å². The van der Waals surface area contributed by atoms with Crippen molar-refractivity contribution in [2.75, 3.05) is 19.8 Å². The van der Waals surface area contributed by atoms with Crippen LogP contribution < -0.4 is 0 Å². The molecule has 1 rings (SSSR count). The van der Waals surface area contributed by atoms with Gasteiger partial charge in [-0.1, -0.05) is 41.5 Å². The molecule has 1 aliphatic rings. The Balaban J connectivity index is 2.54. The summed E-state index contributed by atoms with van der Waals surface area (Å²) in [4.78, 5) is 36.6. The van der Waals surface area contributed by atoms with E-state index in [0.717, 1.165) is 57.8 Å². The van der Waals surface area contributed by atoms with Crippen molar-refractivity contribution in [3.8, 4) is 0 Å². The fourth-order valence-electron chi connectivity index (χ4n) is 4.82. The van der Waals surface area contributed by atoms with Gasteiger partial charge in [0.25, 0.3) is 0 Å². The lowest BCUT2D eigenvalue weighted by Gasteiger charge is -2.35. The first-order valence-corrected chi connectivity index (χ1v) is 14.5. The molecule has 0 aromatic rings. The van der Waals surface area contributed by atoms with Crippen molar-refractivity contribution >= 4 is 17.9 Å². The van der Waals surface area contributed by atoms with Crippen LogP contribution in [-0.4, -0.2) is 37.7 Å². The fraction of sp³-hybridized carbons (Fsp3) is 0.900. The van der Waals surface area contributed by atoms with E-state index in [4.69, 9.17) is 14.2 Å². The molecule has 0 aliphatic heterocycles. The third-order valence-corrected chi connectivity index (χ3v) is 7.14. The molecule has 0 atom stereocenters. The standard InChI is InChI=1S/C30H54O6/c1-22(2)13-16-34-28(31)10-7-25-19-26(8-11-29(32)35-17-14-23(3)4)21-27(20-25)9-12-30(33)36-18-15-24(5)6/h22-27H,7-21H2,1-6H3. The summed E-state index contributed by atoms with van der Waals surface area (Å²) in [7, 11) is 0. The minimum Gasteiger partial charge on any atom is -0.466 e. The summed E-state index contributed by atoms with van der Waals surface area (Å²) in [6.07, 6.45) is 9.49. The van der Waals surface area contributed by atoms with Crippen molar-refractivity contribution in [2.45, 2.75) is 119 Å². The van der Waals surface area contributed by atoms with Crippen molar-refractivity contribution in [2.24, 2.45) is 35.5 Å². The summed E-state index contributed by atoms with van der Waals surface area (Å²) in [6, 6.07) is 0. The van der Waals surface area contributed by atoms with E-state index in [0.29, 0.717) is 74.6 Å². The lowest BCUT2D eigenvalue weighted by atomic mass is 9.71. The Bertz CT molecular complexity index is 535. The van der Waals surface area contributed by atoms with Gasteiger partial charge in [0, 0.05) is 19.3 Å². The lowest BCUT2D eigenvalue weighted by molar-refractivity contribution is -0.145. The molecule has 210 valence electrons. The predicted molar refractivity (Wildman–Crippen MR) is 143 cm³/mol. The highest BCUT2D eigenvalue weighted by atomic mass is 16.5. The van der Waals surface area contributed by atoms with Gasteiger partial charge in [0.05, 0.1) is 19.8 Å². The summed E-state index contributed by atoms with van der Waals surface area (Å²) < 4.78 is 16.2. The van der Waals surface area contributed by atoms with Crippen molar-refractivity contribution in [3.63, 3.8) is 0 Å². The van der Waals surface area contributed by atoms with Crippen LogP contribution in [0, 0.1) is 35.5 Å². The summed E-state index contributed by atoms with van der Waals surface area (Å²) in [5.41, 5.74) is 0. The van der Waals surface area contributed by atoms with Crippen LogP contribution in [0.4, 0.5) is 0 Å². The van der Waals surface area contributed by atoms with E-state index in [-0.39, 0.29) is 17.9 Å². The zero-order valence-electron chi connectivity index (χ0n) is 24.0. The monoisotopic (exact) mass is 510 g/mol. The van der Waals surface area contributed by atoms with Crippen LogP contribution in [0.25, 0.3) is 0 Å². The molecule has 0 bridgehead atoms. The number of carbonyl (C=O) groups excluding carboxylic acids is 3. The van der Waals surface area contributed by atoms with Crippen LogP contribution in [0.15, 0.2) is 0 Å². The molecular formula is C30H54O6. The highest BCUT2D eigenvalue weighted by Gasteiger charge is 2.30.